The van der Waals surface area contributed by atoms with Gasteiger partial charge in [-0.25, -0.2) is 0 Å². The Morgan fingerprint density at radius 2 is 1.62 bits per heavy atom. The Hall–Kier alpha value is -2.33. The number of benzene rings is 3. The Morgan fingerprint density at radius 1 is 0.966 bits per heavy atom. The van der Waals surface area contributed by atoms with Crippen molar-refractivity contribution in [2.24, 2.45) is 5.16 Å². The van der Waals surface area contributed by atoms with Crippen molar-refractivity contribution in [3.8, 4) is 11.8 Å². The molecule has 7 heteroatoms. The van der Waals surface area contributed by atoms with Gasteiger partial charge in [0.1, 0.15) is 19.0 Å². The molecule has 0 atom stereocenters. The highest BCUT2D eigenvalue weighted by atomic mass is 79.9. The highest BCUT2D eigenvalue weighted by molar-refractivity contribution is 9.11. The second-order valence-electron chi connectivity index (χ2n) is 5.97. The van der Waals surface area contributed by atoms with Crippen molar-refractivity contribution >= 4 is 49.7 Å². The predicted octanol–water partition coefficient (Wildman–Crippen LogP) is 6.87. The van der Waals surface area contributed by atoms with Crippen LogP contribution in [0.3, 0.4) is 0 Å². The van der Waals surface area contributed by atoms with Gasteiger partial charge >= 0.3 is 0 Å². The number of hydrogen-bond acceptors (Lipinski definition) is 4. The second kappa shape index (κ2) is 10.4. The molecule has 0 spiro atoms. The van der Waals surface area contributed by atoms with Crippen molar-refractivity contribution < 1.29 is 9.57 Å². The molecule has 0 saturated carbocycles. The molecule has 0 aliphatic heterocycles. The largest absolute Gasteiger partial charge is 0.486 e. The second-order valence-corrected chi connectivity index (χ2v) is 8.09. The summed E-state index contributed by atoms with van der Waals surface area (Å²) in [5.74, 6) is 0.672. The predicted molar refractivity (Wildman–Crippen MR) is 121 cm³/mol. The van der Waals surface area contributed by atoms with E-state index in [0.29, 0.717) is 22.9 Å². The molecule has 0 radical (unpaired) electrons. The van der Waals surface area contributed by atoms with Gasteiger partial charge in [-0.2, -0.15) is 5.26 Å². The molecule has 3 aromatic carbocycles. The van der Waals surface area contributed by atoms with Gasteiger partial charge in [-0.1, -0.05) is 53.2 Å². The van der Waals surface area contributed by atoms with E-state index in [9.17, 15) is 0 Å². The van der Waals surface area contributed by atoms with Crippen LogP contribution in [0.2, 0.25) is 5.02 Å². The first kappa shape index (κ1) is 21.4. The standard InChI is InChI=1S/C22H15Br2ClN2O2/c23-19-9-15(12-27-29-14-17-6-2-1-5-16(17)11-26)10-20(24)22(19)28-13-18-7-3-4-8-21(18)25/h1-10,12H,13-14H2/b27-12-. The van der Waals surface area contributed by atoms with Crippen LogP contribution in [-0.4, -0.2) is 6.21 Å². The lowest BCUT2D eigenvalue weighted by molar-refractivity contribution is 0.132. The zero-order valence-corrected chi connectivity index (χ0v) is 19.0. The van der Waals surface area contributed by atoms with Gasteiger partial charge in [0.25, 0.3) is 0 Å². The monoisotopic (exact) mass is 532 g/mol. The minimum Gasteiger partial charge on any atom is -0.486 e. The lowest BCUT2D eigenvalue weighted by atomic mass is 10.1. The molecule has 0 aromatic heterocycles. The minimum atomic E-state index is 0.224. The summed E-state index contributed by atoms with van der Waals surface area (Å²) in [4.78, 5) is 5.34. The number of rotatable bonds is 7. The average Bonchev–Trinajstić information content (AvgIpc) is 2.72. The molecule has 0 saturated heterocycles. The molecule has 0 unspecified atom stereocenters. The van der Waals surface area contributed by atoms with Gasteiger partial charge in [-0.05, 0) is 61.7 Å². The van der Waals surface area contributed by atoms with E-state index >= 15 is 0 Å². The van der Waals surface area contributed by atoms with Gasteiger partial charge < -0.3 is 9.57 Å². The summed E-state index contributed by atoms with van der Waals surface area (Å²) in [5, 5.41) is 13.8. The summed E-state index contributed by atoms with van der Waals surface area (Å²) in [7, 11) is 0. The van der Waals surface area contributed by atoms with Crippen LogP contribution in [0.25, 0.3) is 0 Å². The van der Waals surface area contributed by atoms with Crippen LogP contribution in [0.4, 0.5) is 0 Å². The van der Waals surface area contributed by atoms with E-state index in [0.717, 1.165) is 25.6 Å². The van der Waals surface area contributed by atoms with E-state index < -0.39 is 0 Å². The Labute approximate surface area is 191 Å². The van der Waals surface area contributed by atoms with Crippen molar-refractivity contribution in [3.05, 3.63) is 96.9 Å². The number of oxime groups is 1. The van der Waals surface area contributed by atoms with Crippen LogP contribution >= 0.6 is 43.5 Å². The molecular weight excluding hydrogens is 520 g/mol. The third-order valence-corrected chi connectivity index (χ3v) is 5.53. The van der Waals surface area contributed by atoms with Crippen LogP contribution in [0.1, 0.15) is 22.3 Å². The van der Waals surface area contributed by atoms with Crippen molar-refractivity contribution in [2.75, 3.05) is 0 Å². The fourth-order valence-corrected chi connectivity index (χ4v) is 4.16. The maximum Gasteiger partial charge on any atom is 0.148 e. The van der Waals surface area contributed by atoms with Crippen LogP contribution in [0.5, 0.6) is 5.75 Å². The van der Waals surface area contributed by atoms with E-state index in [4.69, 9.17) is 26.4 Å². The topological polar surface area (TPSA) is 54.6 Å². The first-order valence-electron chi connectivity index (χ1n) is 8.57. The van der Waals surface area contributed by atoms with E-state index in [1.807, 2.05) is 54.6 Å². The summed E-state index contributed by atoms with van der Waals surface area (Å²) in [5.41, 5.74) is 3.10. The fourth-order valence-electron chi connectivity index (χ4n) is 2.52. The van der Waals surface area contributed by atoms with E-state index in [1.54, 1.807) is 12.3 Å². The first-order valence-corrected chi connectivity index (χ1v) is 10.5. The Kier molecular flexibility index (Phi) is 7.70. The summed E-state index contributed by atoms with van der Waals surface area (Å²) in [6.45, 7) is 0.577. The van der Waals surface area contributed by atoms with Crippen molar-refractivity contribution in [1.82, 2.24) is 0 Å². The van der Waals surface area contributed by atoms with Crippen LogP contribution < -0.4 is 4.74 Å². The SMILES string of the molecule is N#Cc1ccccc1CO/N=C\c1cc(Br)c(OCc2ccccc2Cl)c(Br)c1. The highest BCUT2D eigenvalue weighted by Crippen LogP contribution is 2.35. The Balaban J connectivity index is 1.63. The zero-order chi connectivity index (χ0) is 20.6. The van der Waals surface area contributed by atoms with E-state index in [2.05, 4.69) is 43.1 Å². The molecule has 0 heterocycles. The average molecular weight is 535 g/mol. The number of ether oxygens (including phenoxy) is 1. The number of halogens is 3. The zero-order valence-electron chi connectivity index (χ0n) is 15.1. The lowest BCUT2D eigenvalue weighted by Gasteiger charge is -2.12. The van der Waals surface area contributed by atoms with Crippen LogP contribution in [0, 0.1) is 11.3 Å². The molecule has 0 fully saturated rings. The van der Waals surface area contributed by atoms with Crippen molar-refractivity contribution in [3.63, 3.8) is 0 Å². The summed E-state index contributed by atoms with van der Waals surface area (Å²) >= 11 is 13.2. The number of hydrogen-bond donors (Lipinski definition) is 0. The summed E-state index contributed by atoms with van der Waals surface area (Å²) in [6.07, 6.45) is 1.60. The quantitative estimate of drug-likeness (QED) is 0.246. The van der Waals surface area contributed by atoms with Gasteiger partial charge in [-0.15, -0.1) is 0 Å². The molecular formula is C22H15Br2ClN2O2. The summed E-state index contributed by atoms with van der Waals surface area (Å²) in [6, 6.07) is 20.7. The molecule has 0 aliphatic carbocycles. The minimum absolute atomic E-state index is 0.224. The molecule has 0 aliphatic rings. The van der Waals surface area contributed by atoms with E-state index in [1.165, 1.54) is 0 Å². The highest BCUT2D eigenvalue weighted by Gasteiger charge is 2.10. The fraction of sp³-hybridized carbons (Fsp3) is 0.0909. The smallest absolute Gasteiger partial charge is 0.148 e. The van der Waals surface area contributed by atoms with Gasteiger partial charge in [0.05, 0.1) is 26.8 Å². The first-order chi connectivity index (χ1) is 14.1. The Morgan fingerprint density at radius 3 is 2.31 bits per heavy atom. The van der Waals surface area contributed by atoms with Gasteiger partial charge in [0, 0.05) is 16.1 Å². The van der Waals surface area contributed by atoms with Gasteiger partial charge in [-0.3, -0.25) is 0 Å². The maximum absolute atomic E-state index is 9.10. The van der Waals surface area contributed by atoms with Crippen molar-refractivity contribution in [2.45, 2.75) is 13.2 Å². The molecule has 0 bridgehead atoms. The maximum atomic E-state index is 9.10. The lowest BCUT2D eigenvalue weighted by Crippen LogP contribution is -1.98. The third kappa shape index (κ3) is 5.83. The van der Waals surface area contributed by atoms with E-state index in [-0.39, 0.29) is 6.61 Å². The summed E-state index contributed by atoms with van der Waals surface area (Å²) < 4.78 is 7.46. The molecule has 0 N–H and O–H groups in total. The number of nitriles is 1. The molecule has 3 aromatic rings. The van der Waals surface area contributed by atoms with Crippen molar-refractivity contribution in [1.29, 1.82) is 5.26 Å². The van der Waals surface area contributed by atoms with Gasteiger partial charge in [0.15, 0.2) is 0 Å². The molecule has 0 amide bonds. The molecule has 146 valence electrons. The molecule has 3 rings (SSSR count). The van der Waals surface area contributed by atoms with Crippen LogP contribution in [0.15, 0.2) is 74.8 Å². The number of nitrogens with zero attached hydrogens (tertiary/aromatic N) is 2. The van der Waals surface area contributed by atoms with Crippen LogP contribution in [-0.2, 0) is 18.1 Å². The Bertz CT molecular complexity index is 1060. The third-order valence-electron chi connectivity index (χ3n) is 3.98. The normalized spacial score (nSPS) is 10.7. The molecule has 29 heavy (non-hydrogen) atoms. The molecule has 4 nitrogen and oxygen atoms in total. The van der Waals surface area contributed by atoms with Gasteiger partial charge in [0.2, 0.25) is 0 Å².